The first-order valence-corrected chi connectivity index (χ1v) is 7.69. The van der Waals surface area contributed by atoms with Crippen LogP contribution in [0.1, 0.15) is 46.0 Å². The summed E-state index contributed by atoms with van der Waals surface area (Å²) >= 11 is 0. The molecule has 0 bridgehead atoms. The van der Waals surface area contributed by atoms with Gasteiger partial charge in [0.1, 0.15) is 0 Å². The predicted octanol–water partition coefficient (Wildman–Crippen LogP) is 1.67. The first-order chi connectivity index (χ1) is 7.50. The van der Waals surface area contributed by atoms with Crippen molar-refractivity contribution in [2.24, 2.45) is 11.8 Å². The summed E-state index contributed by atoms with van der Waals surface area (Å²) in [5, 5.41) is 0. The van der Waals surface area contributed by atoms with Crippen molar-refractivity contribution in [3.8, 4) is 0 Å². The average Bonchev–Trinajstić information content (AvgIpc) is 2.47. The van der Waals surface area contributed by atoms with Crippen LogP contribution in [0.4, 0.5) is 0 Å². The fourth-order valence-electron chi connectivity index (χ4n) is 2.28. The Labute approximate surface area is 97.9 Å². The lowest BCUT2D eigenvalue weighted by Crippen LogP contribution is -2.26. The molecule has 1 heterocycles. The molecule has 1 N–H and O–H groups in total. The highest BCUT2D eigenvalue weighted by molar-refractivity contribution is 7.90. The van der Waals surface area contributed by atoms with E-state index in [9.17, 15) is 13.2 Å². The van der Waals surface area contributed by atoms with Gasteiger partial charge in [-0.1, -0.05) is 39.5 Å². The molecule has 1 amide bonds. The number of rotatable bonds is 6. The molecule has 0 aromatic rings. The SMILES string of the molecule is CCCCCC(CC)C1CS(=O)(=O)NC1=O. The number of amides is 1. The quantitative estimate of drug-likeness (QED) is 0.726. The first kappa shape index (κ1) is 13.5. The Morgan fingerprint density at radius 2 is 2.06 bits per heavy atom. The monoisotopic (exact) mass is 247 g/mol. The third kappa shape index (κ3) is 3.47. The summed E-state index contributed by atoms with van der Waals surface area (Å²) in [5.74, 6) is -0.435. The van der Waals surface area contributed by atoms with Crippen LogP contribution < -0.4 is 4.72 Å². The summed E-state index contributed by atoms with van der Waals surface area (Å²) in [6.07, 6.45) is 5.21. The van der Waals surface area contributed by atoms with Crippen molar-refractivity contribution >= 4 is 15.9 Å². The predicted molar refractivity (Wildman–Crippen MR) is 63.3 cm³/mol. The first-order valence-electron chi connectivity index (χ1n) is 6.04. The minimum absolute atomic E-state index is 0.0174. The maximum Gasteiger partial charge on any atom is 0.237 e. The van der Waals surface area contributed by atoms with Crippen molar-refractivity contribution in [2.45, 2.75) is 46.0 Å². The molecule has 16 heavy (non-hydrogen) atoms. The van der Waals surface area contributed by atoms with Crippen LogP contribution in [0.3, 0.4) is 0 Å². The molecule has 1 aliphatic heterocycles. The zero-order valence-corrected chi connectivity index (χ0v) is 10.8. The van der Waals surface area contributed by atoms with Crippen LogP contribution in [0.2, 0.25) is 0 Å². The highest BCUT2D eigenvalue weighted by atomic mass is 32.2. The van der Waals surface area contributed by atoms with Gasteiger partial charge < -0.3 is 0 Å². The molecule has 4 nitrogen and oxygen atoms in total. The maximum absolute atomic E-state index is 11.5. The van der Waals surface area contributed by atoms with Crippen molar-refractivity contribution in [3.05, 3.63) is 0 Å². The molecule has 1 rings (SSSR count). The Bertz CT molecular complexity index is 337. The second kappa shape index (κ2) is 5.66. The van der Waals surface area contributed by atoms with Crippen LogP contribution in [0.5, 0.6) is 0 Å². The molecule has 1 saturated heterocycles. The number of nitrogens with one attached hydrogen (secondary N) is 1. The van der Waals surface area contributed by atoms with E-state index in [1.165, 1.54) is 0 Å². The zero-order valence-electron chi connectivity index (χ0n) is 10.0. The molecular weight excluding hydrogens is 226 g/mol. The minimum Gasteiger partial charge on any atom is -0.274 e. The Morgan fingerprint density at radius 3 is 2.50 bits per heavy atom. The molecule has 94 valence electrons. The lowest BCUT2D eigenvalue weighted by molar-refractivity contribution is -0.123. The highest BCUT2D eigenvalue weighted by Gasteiger charge is 2.39. The minimum atomic E-state index is -3.33. The lowest BCUT2D eigenvalue weighted by Gasteiger charge is -2.18. The van der Waals surface area contributed by atoms with Crippen LogP contribution in [0.25, 0.3) is 0 Å². The molecule has 0 saturated carbocycles. The third-order valence-electron chi connectivity index (χ3n) is 3.26. The van der Waals surface area contributed by atoms with Gasteiger partial charge in [-0.25, -0.2) is 8.42 Å². The van der Waals surface area contributed by atoms with E-state index in [1.54, 1.807) is 0 Å². The number of carbonyl (C=O) groups excluding carboxylic acids is 1. The molecule has 1 aliphatic rings. The molecule has 2 unspecified atom stereocenters. The Kier molecular flexibility index (Phi) is 4.77. The van der Waals surface area contributed by atoms with E-state index in [4.69, 9.17) is 0 Å². The van der Waals surface area contributed by atoms with E-state index >= 15 is 0 Å². The second-order valence-corrected chi connectivity index (χ2v) is 6.29. The summed E-state index contributed by atoms with van der Waals surface area (Å²) in [7, 11) is -3.33. The van der Waals surface area contributed by atoms with Gasteiger partial charge in [-0.2, -0.15) is 0 Å². The van der Waals surface area contributed by atoms with Gasteiger partial charge in [0.15, 0.2) is 0 Å². The van der Waals surface area contributed by atoms with Crippen molar-refractivity contribution < 1.29 is 13.2 Å². The Balaban J connectivity index is 2.56. The number of unbranched alkanes of at least 4 members (excludes halogenated alkanes) is 2. The average molecular weight is 247 g/mol. The van der Waals surface area contributed by atoms with Crippen LogP contribution in [0.15, 0.2) is 0 Å². The summed E-state index contributed by atoms with van der Waals surface area (Å²) in [6, 6.07) is 0. The van der Waals surface area contributed by atoms with Gasteiger partial charge >= 0.3 is 0 Å². The van der Waals surface area contributed by atoms with Gasteiger partial charge in [-0.3, -0.25) is 9.52 Å². The topological polar surface area (TPSA) is 63.2 Å². The summed E-state index contributed by atoms with van der Waals surface area (Å²) in [4.78, 5) is 11.5. The Hall–Kier alpha value is -0.580. The van der Waals surface area contributed by atoms with Crippen LogP contribution >= 0.6 is 0 Å². The van der Waals surface area contributed by atoms with E-state index in [-0.39, 0.29) is 23.5 Å². The van der Waals surface area contributed by atoms with Crippen molar-refractivity contribution in [2.75, 3.05) is 5.75 Å². The molecule has 1 fully saturated rings. The van der Waals surface area contributed by atoms with Gasteiger partial charge in [-0.05, 0) is 12.3 Å². The molecule has 0 spiro atoms. The standard InChI is InChI=1S/C11H21NO3S/c1-3-5-6-7-9(4-2)10-8-16(14,15)12-11(10)13/h9-10H,3-8H2,1-2H3,(H,12,13). The number of hydrogen-bond acceptors (Lipinski definition) is 3. The lowest BCUT2D eigenvalue weighted by atomic mass is 9.86. The van der Waals surface area contributed by atoms with E-state index in [0.717, 1.165) is 32.1 Å². The molecule has 0 aromatic carbocycles. The normalized spacial score (nSPS) is 25.4. The Morgan fingerprint density at radius 1 is 1.38 bits per heavy atom. The third-order valence-corrected chi connectivity index (χ3v) is 4.57. The van der Waals surface area contributed by atoms with E-state index in [1.807, 2.05) is 6.92 Å². The zero-order chi connectivity index (χ0) is 12.2. The van der Waals surface area contributed by atoms with Gasteiger partial charge in [0.2, 0.25) is 15.9 Å². The van der Waals surface area contributed by atoms with E-state index < -0.39 is 10.0 Å². The van der Waals surface area contributed by atoms with Crippen molar-refractivity contribution in [1.29, 1.82) is 0 Å². The van der Waals surface area contributed by atoms with Crippen molar-refractivity contribution in [3.63, 3.8) is 0 Å². The van der Waals surface area contributed by atoms with Crippen LogP contribution in [-0.2, 0) is 14.8 Å². The number of hydrogen-bond donors (Lipinski definition) is 1. The summed E-state index contributed by atoms with van der Waals surface area (Å²) < 4.78 is 24.6. The summed E-state index contributed by atoms with van der Waals surface area (Å²) in [6.45, 7) is 4.16. The molecule has 5 heteroatoms. The fourth-order valence-corrected chi connectivity index (χ4v) is 3.72. The summed E-state index contributed by atoms with van der Waals surface area (Å²) in [5.41, 5.74) is 0. The van der Waals surface area contributed by atoms with Gasteiger partial charge in [0, 0.05) is 0 Å². The van der Waals surface area contributed by atoms with Gasteiger partial charge in [-0.15, -0.1) is 0 Å². The molecule has 0 radical (unpaired) electrons. The van der Waals surface area contributed by atoms with E-state index in [0.29, 0.717) is 0 Å². The van der Waals surface area contributed by atoms with Crippen LogP contribution in [0, 0.1) is 11.8 Å². The van der Waals surface area contributed by atoms with Gasteiger partial charge in [0.05, 0.1) is 11.7 Å². The second-order valence-electron chi connectivity index (χ2n) is 4.52. The molecule has 2 atom stereocenters. The van der Waals surface area contributed by atoms with Crippen LogP contribution in [-0.4, -0.2) is 20.1 Å². The molecular formula is C11H21NO3S. The number of carbonyl (C=O) groups is 1. The molecule has 0 aromatic heterocycles. The highest BCUT2D eigenvalue weighted by Crippen LogP contribution is 2.27. The number of sulfonamides is 1. The van der Waals surface area contributed by atoms with Crippen molar-refractivity contribution in [1.82, 2.24) is 4.72 Å². The molecule has 0 aliphatic carbocycles. The largest absolute Gasteiger partial charge is 0.274 e. The smallest absolute Gasteiger partial charge is 0.237 e. The van der Waals surface area contributed by atoms with E-state index in [2.05, 4.69) is 11.6 Å². The fraction of sp³-hybridized carbons (Fsp3) is 0.909. The van der Waals surface area contributed by atoms with Gasteiger partial charge in [0.25, 0.3) is 0 Å². The maximum atomic E-state index is 11.5.